The van der Waals surface area contributed by atoms with Gasteiger partial charge in [0, 0.05) is 42.8 Å². The van der Waals surface area contributed by atoms with Gasteiger partial charge >= 0.3 is 12.1 Å². The number of carbonyl (C=O) groups is 2. The summed E-state index contributed by atoms with van der Waals surface area (Å²) in [5.41, 5.74) is 4.19. The second-order valence-electron chi connectivity index (χ2n) is 9.91. The number of esters is 1. The van der Waals surface area contributed by atoms with Crippen molar-refractivity contribution in [2.45, 2.75) is 59.1 Å². The first-order valence-electron chi connectivity index (χ1n) is 12.3. The van der Waals surface area contributed by atoms with Crippen molar-refractivity contribution < 1.29 is 19.1 Å². The SMILES string of the molecule is CCOC(=O)c1cnc2ccc(-c3ccc(C)nc3)nc2c1NC1CCN(C(=O)OC(C)(C)C)CC1. The minimum Gasteiger partial charge on any atom is -0.462 e. The number of aromatic nitrogens is 3. The van der Waals surface area contributed by atoms with Gasteiger partial charge in [-0.1, -0.05) is 0 Å². The van der Waals surface area contributed by atoms with E-state index in [-0.39, 0.29) is 18.7 Å². The Morgan fingerprint density at radius 3 is 2.47 bits per heavy atom. The standard InChI is InChI=1S/C27H33N5O4/c1-6-35-25(33)20-16-29-22-10-9-21(18-8-7-17(2)28-15-18)31-24(22)23(20)30-19-11-13-32(14-12-19)26(34)36-27(3,4)5/h7-10,15-16,19H,6,11-14H2,1-5H3,(H,29,30). The molecule has 0 aromatic carbocycles. The Morgan fingerprint density at radius 1 is 1.08 bits per heavy atom. The molecule has 3 aromatic rings. The normalized spacial score (nSPS) is 14.5. The lowest BCUT2D eigenvalue weighted by atomic mass is 10.0. The van der Waals surface area contributed by atoms with E-state index in [0.717, 1.165) is 17.0 Å². The molecule has 0 spiro atoms. The Hall–Kier alpha value is -3.75. The molecule has 1 saturated heterocycles. The molecule has 1 aliphatic heterocycles. The van der Waals surface area contributed by atoms with Crippen LogP contribution in [0.15, 0.2) is 36.7 Å². The lowest BCUT2D eigenvalue weighted by Crippen LogP contribution is -2.44. The Kier molecular flexibility index (Phi) is 7.37. The zero-order valence-corrected chi connectivity index (χ0v) is 21.5. The van der Waals surface area contributed by atoms with Gasteiger partial charge in [0.1, 0.15) is 16.7 Å². The Labute approximate surface area is 211 Å². The zero-order valence-electron chi connectivity index (χ0n) is 21.5. The van der Waals surface area contributed by atoms with Crippen LogP contribution in [0.4, 0.5) is 10.5 Å². The van der Waals surface area contributed by atoms with Gasteiger partial charge in [-0.3, -0.25) is 9.97 Å². The highest BCUT2D eigenvalue weighted by atomic mass is 16.6. The molecule has 4 heterocycles. The van der Waals surface area contributed by atoms with Crippen LogP contribution in [-0.4, -0.2) is 63.3 Å². The number of rotatable bonds is 5. The first-order chi connectivity index (χ1) is 17.1. The number of ether oxygens (including phenoxy) is 2. The summed E-state index contributed by atoms with van der Waals surface area (Å²) in [5.74, 6) is -0.454. The molecule has 0 atom stereocenters. The van der Waals surface area contributed by atoms with Gasteiger partial charge in [-0.05, 0) is 71.7 Å². The third-order valence-electron chi connectivity index (χ3n) is 5.91. The lowest BCUT2D eigenvalue weighted by molar-refractivity contribution is 0.0210. The number of pyridine rings is 3. The molecule has 1 N–H and O–H groups in total. The van der Waals surface area contributed by atoms with Crippen molar-refractivity contribution in [1.82, 2.24) is 19.9 Å². The van der Waals surface area contributed by atoms with Crippen LogP contribution in [0.5, 0.6) is 0 Å². The second kappa shape index (κ2) is 10.5. The van der Waals surface area contributed by atoms with Crippen molar-refractivity contribution in [3.05, 3.63) is 47.9 Å². The van der Waals surface area contributed by atoms with Crippen molar-refractivity contribution in [1.29, 1.82) is 0 Å². The van der Waals surface area contributed by atoms with E-state index in [0.29, 0.717) is 48.2 Å². The van der Waals surface area contributed by atoms with Gasteiger partial charge in [-0.2, -0.15) is 0 Å². The molecule has 0 aliphatic carbocycles. The van der Waals surface area contributed by atoms with Crippen molar-refractivity contribution in [3.8, 4) is 11.3 Å². The van der Waals surface area contributed by atoms with Crippen LogP contribution >= 0.6 is 0 Å². The molecule has 0 bridgehead atoms. The maximum absolute atomic E-state index is 12.8. The van der Waals surface area contributed by atoms with E-state index in [1.54, 1.807) is 18.0 Å². The highest BCUT2D eigenvalue weighted by Crippen LogP contribution is 2.30. The molecule has 0 saturated carbocycles. The molecule has 9 nitrogen and oxygen atoms in total. The molecule has 1 amide bonds. The number of likely N-dealkylation sites (tertiary alicyclic amines) is 1. The largest absolute Gasteiger partial charge is 0.462 e. The van der Waals surface area contributed by atoms with Gasteiger partial charge in [0.2, 0.25) is 0 Å². The van der Waals surface area contributed by atoms with Crippen LogP contribution in [-0.2, 0) is 9.47 Å². The summed E-state index contributed by atoms with van der Waals surface area (Å²) in [6.07, 6.45) is 4.42. The number of piperidine rings is 1. The van der Waals surface area contributed by atoms with Crippen molar-refractivity contribution in [2.75, 3.05) is 25.0 Å². The molecule has 1 fully saturated rings. The van der Waals surface area contributed by atoms with Gasteiger partial charge < -0.3 is 19.7 Å². The van der Waals surface area contributed by atoms with Crippen molar-refractivity contribution >= 4 is 28.8 Å². The number of amides is 1. The van der Waals surface area contributed by atoms with Gasteiger partial charge in [0.25, 0.3) is 0 Å². The summed E-state index contributed by atoms with van der Waals surface area (Å²) < 4.78 is 10.8. The first-order valence-corrected chi connectivity index (χ1v) is 12.3. The van der Waals surface area contributed by atoms with Gasteiger partial charge in [-0.15, -0.1) is 0 Å². The molecule has 1 aliphatic rings. The summed E-state index contributed by atoms with van der Waals surface area (Å²) >= 11 is 0. The summed E-state index contributed by atoms with van der Waals surface area (Å²) in [7, 11) is 0. The summed E-state index contributed by atoms with van der Waals surface area (Å²) in [5, 5.41) is 3.53. The summed E-state index contributed by atoms with van der Waals surface area (Å²) in [4.78, 5) is 40.7. The first kappa shape index (κ1) is 25.3. The predicted octanol–water partition coefficient (Wildman–Crippen LogP) is 4.99. The van der Waals surface area contributed by atoms with Crippen LogP contribution in [0.25, 0.3) is 22.3 Å². The number of hydrogen-bond acceptors (Lipinski definition) is 8. The fraction of sp³-hybridized carbons (Fsp3) is 0.444. The van der Waals surface area contributed by atoms with E-state index in [1.807, 2.05) is 52.0 Å². The molecule has 9 heteroatoms. The third-order valence-corrected chi connectivity index (χ3v) is 5.91. The molecule has 3 aromatic heterocycles. The fourth-order valence-electron chi connectivity index (χ4n) is 4.09. The molecule has 0 radical (unpaired) electrons. The van der Waals surface area contributed by atoms with E-state index < -0.39 is 11.6 Å². The smallest absolute Gasteiger partial charge is 0.410 e. The van der Waals surface area contributed by atoms with Gasteiger partial charge in [0.15, 0.2) is 0 Å². The van der Waals surface area contributed by atoms with E-state index >= 15 is 0 Å². The number of nitrogens with zero attached hydrogens (tertiary/aromatic N) is 4. The highest BCUT2D eigenvalue weighted by molar-refractivity contribution is 6.04. The minimum absolute atomic E-state index is 0.0361. The monoisotopic (exact) mass is 491 g/mol. The number of carbonyl (C=O) groups excluding carboxylic acids is 2. The van der Waals surface area contributed by atoms with Gasteiger partial charge in [-0.25, -0.2) is 14.6 Å². The molecule has 0 unspecified atom stereocenters. The van der Waals surface area contributed by atoms with E-state index in [9.17, 15) is 9.59 Å². The third kappa shape index (κ3) is 5.90. The van der Waals surface area contributed by atoms with Crippen molar-refractivity contribution in [2.24, 2.45) is 0 Å². The maximum atomic E-state index is 12.8. The van der Waals surface area contributed by atoms with Crippen molar-refractivity contribution in [3.63, 3.8) is 0 Å². The van der Waals surface area contributed by atoms with Crippen LogP contribution in [0.3, 0.4) is 0 Å². The highest BCUT2D eigenvalue weighted by Gasteiger charge is 2.28. The van der Waals surface area contributed by atoms with Gasteiger partial charge in [0.05, 0.1) is 23.5 Å². The van der Waals surface area contributed by atoms with Crippen LogP contribution in [0, 0.1) is 6.92 Å². The fourth-order valence-corrected chi connectivity index (χ4v) is 4.09. The average Bonchev–Trinajstić information content (AvgIpc) is 2.84. The predicted molar refractivity (Wildman–Crippen MR) is 138 cm³/mol. The molecular formula is C27H33N5O4. The quantitative estimate of drug-likeness (QED) is 0.498. The Bertz CT molecular complexity index is 1250. The van der Waals surface area contributed by atoms with E-state index in [2.05, 4.69) is 15.3 Å². The van der Waals surface area contributed by atoms with Crippen LogP contribution < -0.4 is 5.32 Å². The summed E-state index contributed by atoms with van der Waals surface area (Å²) in [6, 6.07) is 7.73. The second-order valence-corrected chi connectivity index (χ2v) is 9.91. The Morgan fingerprint density at radius 2 is 1.83 bits per heavy atom. The summed E-state index contributed by atoms with van der Waals surface area (Å²) in [6.45, 7) is 10.6. The zero-order chi connectivity index (χ0) is 25.9. The van der Waals surface area contributed by atoms with E-state index in [4.69, 9.17) is 14.5 Å². The number of fused-ring (bicyclic) bond motifs is 1. The number of hydrogen-bond donors (Lipinski definition) is 1. The molecule has 190 valence electrons. The number of anilines is 1. The lowest BCUT2D eigenvalue weighted by Gasteiger charge is -2.34. The number of nitrogens with one attached hydrogen (secondary N) is 1. The van der Waals surface area contributed by atoms with Crippen LogP contribution in [0.2, 0.25) is 0 Å². The molecule has 4 rings (SSSR count). The topological polar surface area (TPSA) is 107 Å². The molecular weight excluding hydrogens is 458 g/mol. The molecule has 36 heavy (non-hydrogen) atoms. The van der Waals surface area contributed by atoms with E-state index in [1.165, 1.54) is 6.20 Å². The Balaban J connectivity index is 1.63. The number of aryl methyl sites for hydroxylation is 1. The minimum atomic E-state index is -0.535. The average molecular weight is 492 g/mol. The maximum Gasteiger partial charge on any atom is 0.410 e. The van der Waals surface area contributed by atoms with Crippen LogP contribution in [0.1, 0.15) is 56.6 Å².